The predicted molar refractivity (Wildman–Crippen MR) is 95.0 cm³/mol. The van der Waals surface area contributed by atoms with Crippen molar-refractivity contribution in [2.75, 3.05) is 5.73 Å². The van der Waals surface area contributed by atoms with Gasteiger partial charge in [0.05, 0.1) is 0 Å². The number of nitrogens with two attached hydrogens (primary N) is 2. The Hall–Kier alpha value is -2.92. The molecule has 0 bridgehead atoms. The second-order valence-corrected chi connectivity index (χ2v) is 5.91. The van der Waals surface area contributed by atoms with Crippen LogP contribution in [0.5, 0.6) is 5.75 Å². The molecular formula is C20H18F2N2O. The fraction of sp³-hybridized carbons (Fsp3) is 0.100. The van der Waals surface area contributed by atoms with Crippen LogP contribution in [-0.2, 0) is 13.0 Å². The van der Waals surface area contributed by atoms with Crippen molar-refractivity contribution in [1.82, 2.24) is 0 Å². The van der Waals surface area contributed by atoms with Crippen molar-refractivity contribution in [3.05, 3.63) is 82.9 Å². The first-order chi connectivity index (χ1) is 12.0. The molecule has 0 saturated heterocycles. The van der Waals surface area contributed by atoms with Gasteiger partial charge in [-0.3, -0.25) is 0 Å². The number of phenolic OH excluding ortho intramolecular Hbond substituents is 1. The number of halogens is 2. The van der Waals surface area contributed by atoms with E-state index in [-0.39, 0.29) is 12.3 Å². The minimum atomic E-state index is -0.615. The monoisotopic (exact) mass is 340 g/mol. The van der Waals surface area contributed by atoms with Crippen LogP contribution < -0.4 is 11.5 Å². The molecule has 0 amide bonds. The summed E-state index contributed by atoms with van der Waals surface area (Å²) in [5.41, 5.74) is 16.2. The highest BCUT2D eigenvalue weighted by molar-refractivity contribution is 5.73. The summed E-state index contributed by atoms with van der Waals surface area (Å²) in [6.07, 6.45) is 0.332. The van der Waals surface area contributed by atoms with Crippen molar-refractivity contribution in [1.29, 1.82) is 0 Å². The minimum absolute atomic E-state index is 0.157. The third kappa shape index (κ3) is 3.78. The van der Waals surface area contributed by atoms with Gasteiger partial charge in [-0.1, -0.05) is 18.2 Å². The lowest BCUT2D eigenvalue weighted by atomic mass is 9.92. The van der Waals surface area contributed by atoms with Crippen molar-refractivity contribution in [3.63, 3.8) is 0 Å². The van der Waals surface area contributed by atoms with Crippen LogP contribution in [0.3, 0.4) is 0 Å². The Balaban J connectivity index is 2.11. The van der Waals surface area contributed by atoms with Crippen molar-refractivity contribution in [2.24, 2.45) is 5.73 Å². The number of nitrogen functional groups attached to an aromatic ring is 1. The molecule has 0 unspecified atom stereocenters. The molecule has 0 aliphatic heterocycles. The summed E-state index contributed by atoms with van der Waals surface area (Å²) in [6.45, 7) is 0.270. The lowest BCUT2D eigenvalue weighted by Crippen LogP contribution is -2.05. The molecule has 3 aromatic rings. The summed E-state index contributed by atoms with van der Waals surface area (Å²) in [4.78, 5) is 0. The maximum Gasteiger partial charge on any atom is 0.126 e. The van der Waals surface area contributed by atoms with Crippen LogP contribution in [-0.4, -0.2) is 5.11 Å². The lowest BCUT2D eigenvalue weighted by Gasteiger charge is -2.15. The number of phenols is 1. The molecule has 3 nitrogen and oxygen atoms in total. The molecule has 0 aliphatic rings. The van der Waals surface area contributed by atoms with Crippen LogP contribution in [0.15, 0.2) is 54.6 Å². The Morgan fingerprint density at radius 3 is 2.08 bits per heavy atom. The Morgan fingerprint density at radius 1 is 0.840 bits per heavy atom. The van der Waals surface area contributed by atoms with Crippen molar-refractivity contribution >= 4 is 5.69 Å². The largest absolute Gasteiger partial charge is 0.508 e. The number of hydrogen-bond acceptors (Lipinski definition) is 3. The third-order valence-corrected chi connectivity index (χ3v) is 4.08. The van der Waals surface area contributed by atoms with Crippen molar-refractivity contribution in [2.45, 2.75) is 13.0 Å². The van der Waals surface area contributed by atoms with Gasteiger partial charge in [-0.05, 0) is 64.6 Å². The molecule has 0 saturated carbocycles. The number of hydrogen-bond donors (Lipinski definition) is 3. The average molecular weight is 340 g/mol. The number of benzene rings is 3. The van der Waals surface area contributed by atoms with Gasteiger partial charge in [-0.15, -0.1) is 0 Å². The van der Waals surface area contributed by atoms with E-state index in [9.17, 15) is 13.9 Å². The Morgan fingerprint density at radius 2 is 1.48 bits per heavy atom. The molecule has 0 aliphatic carbocycles. The summed E-state index contributed by atoms with van der Waals surface area (Å²) in [5, 5.41) is 9.48. The summed E-state index contributed by atoms with van der Waals surface area (Å²) in [5.74, 6) is -1.07. The first kappa shape index (κ1) is 16.9. The molecule has 3 aromatic carbocycles. The number of rotatable bonds is 4. The van der Waals surface area contributed by atoms with Crippen LogP contribution in [0, 0.1) is 11.6 Å². The van der Waals surface area contributed by atoms with E-state index in [0.29, 0.717) is 17.7 Å². The van der Waals surface area contributed by atoms with Gasteiger partial charge in [0.2, 0.25) is 0 Å². The van der Waals surface area contributed by atoms with Gasteiger partial charge in [-0.2, -0.15) is 0 Å². The molecule has 0 spiro atoms. The van der Waals surface area contributed by atoms with Gasteiger partial charge in [0.25, 0.3) is 0 Å². The molecule has 128 valence electrons. The van der Waals surface area contributed by atoms with E-state index in [4.69, 9.17) is 11.5 Å². The quantitative estimate of drug-likeness (QED) is 0.629. The summed E-state index contributed by atoms with van der Waals surface area (Å²) < 4.78 is 27.0. The molecule has 5 heteroatoms. The molecule has 0 fully saturated rings. The first-order valence-corrected chi connectivity index (χ1v) is 7.82. The molecule has 3 rings (SSSR count). The summed E-state index contributed by atoms with van der Waals surface area (Å²) >= 11 is 0. The van der Waals surface area contributed by atoms with Crippen LogP contribution in [0.25, 0.3) is 11.1 Å². The molecule has 0 radical (unpaired) electrons. The molecule has 5 N–H and O–H groups in total. The molecule has 0 aromatic heterocycles. The fourth-order valence-electron chi connectivity index (χ4n) is 2.88. The standard InChI is InChI=1S/C20H18F2N2O/c21-16-6-12(7-17(22)9-16)5-14-8-15(11-23)20(24)10-19(14)13-1-3-18(25)4-2-13/h1-4,6-10,25H,5,11,23-24H2. The van der Waals surface area contributed by atoms with E-state index in [1.165, 1.54) is 12.1 Å². The fourth-order valence-corrected chi connectivity index (χ4v) is 2.88. The van der Waals surface area contributed by atoms with Crippen LogP contribution in [0.4, 0.5) is 14.5 Å². The highest BCUT2D eigenvalue weighted by atomic mass is 19.1. The van der Waals surface area contributed by atoms with Crippen molar-refractivity contribution < 1.29 is 13.9 Å². The van der Waals surface area contributed by atoms with E-state index >= 15 is 0 Å². The highest BCUT2D eigenvalue weighted by Crippen LogP contribution is 2.31. The van der Waals surface area contributed by atoms with Gasteiger partial charge in [0.15, 0.2) is 0 Å². The van der Waals surface area contributed by atoms with Gasteiger partial charge in [0.1, 0.15) is 17.4 Å². The summed E-state index contributed by atoms with van der Waals surface area (Å²) in [6, 6.07) is 13.8. The zero-order chi connectivity index (χ0) is 18.0. The predicted octanol–water partition coefficient (Wildman–Crippen LogP) is 3.97. The number of aromatic hydroxyl groups is 1. The SMILES string of the molecule is NCc1cc(Cc2cc(F)cc(F)c2)c(-c2ccc(O)cc2)cc1N. The lowest BCUT2D eigenvalue weighted by molar-refractivity contribution is 0.475. The summed E-state index contributed by atoms with van der Waals surface area (Å²) in [7, 11) is 0. The normalized spacial score (nSPS) is 10.8. The number of anilines is 1. The maximum absolute atomic E-state index is 13.5. The first-order valence-electron chi connectivity index (χ1n) is 7.82. The van der Waals surface area contributed by atoms with E-state index in [2.05, 4.69) is 0 Å². The molecule has 0 heterocycles. The second-order valence-electron chi connectivity index (χ2n) is 5.91. The van der Waals surface area contributed by atoms with Gasteiger partial charge in [0, 0.05) is 18.3 Å². The van der Waals surface area contributed by atoms with E-state index in [1.807, 2.05) is 6.07 Å². The van der Waals surface area contributed by atoms with Gasteiger partial charge < -0.3 is 16.6 Å². The molecule has 25 heavy (non-hydrogen) atoms. The molecular weight excluding hydrogens is 322 g/mol. The topological polar surface area (TPSA) is 72.3 Å². The van der Waals surface area contributed by atoms with E-state index in [0.717, 1.165) is 28.3 Å². The van der Waals surface area contributed by atoms with E-state index < -0.39 is 11.6 Å². The van der Waals surface area contributed by atoms with Crippen LogP contribution >= 0.6 is 0 Å². The smallest absolute Gasteiger partial charge is 0.126 e. The second kappa shape index (κ2) is 6.91. The Bertz CT molecular complexity index is 888. The zero-order valence-corrected chi connectivity index (χ0v) is 13.5. The molecule has 0 atom stereocenters. The minimum Gasteiger partial charge on any atom is -0.508 e. The van der Waals surface area contributed by atoms with Crippen molar-refractivity contribution in [3.8, 4) is 16.9 Å². The van der Waals surface area contributed by atoms with Crippen LogP contribution in [0.2, 0.25) is 0 Å². The third-order valence-electron chi connectivity index (χ3n) is 4.08. The Kier molecular flexibility index (Phi) is 4.67. The van der Waals surface area contributed by atoms with E-state index in [1.54, 1.807) is 30.3 Å². The highest BCUT2D eigenvalue weighted by Gasteiger charge is 2.12. The average Bonchev–Trinajstić information content (AvgIpc) is 2.56. The Labute approximate surface area is 144 Å². The van der Waals surface area contributed by atoms with Gasteiger partial charge >= 0.3 is 0 Å². The zero-order valence-electron chi connectivity index (χ0n) is 13.5. The van der Waals surface area contributed by atoms with Gasteiger partial charge in [-0.25, -0.2) is 8.78 Å². The van der Waals surface area contributed by atoms with Crippen LogP contribution in [0.1, 0.15) is 16.7 Å². The maximum atomic E-state index is 13.5.